The highest BCUT2D eigenvalue weighted by Gasteiger charge is 2.53. The predicted molar refractivity (Wildman–Crippen MR) is 98.4 cm³/mol. The maximum absolute atomic E-state index is 13.2. The first-order chi connectivity index (χ1) is 12.4. The van der Waals surface area contributed by atoms with Gasteiger partial charge in [-0.1, -0.05) is 6.92 Å². The molecule has 2 fully saturated rings. The van der Waals surface area contributed by atoms with E-state index in [1.807, 2.05) is 31.1 Å². The molecule has 1 spiro atoms. The van der Waals surface area contributed by atoms with Crippen molar-refractivity contribution >= 4 is 17.6 Å². The molecular weight excluding hydrogens is 334 g/mol. The van der Waals surface area contributed by atoms with E-state index in [9.17, 15) is 14.7 Å². The lowest BCUT2D eigenvalue weighted by molar-refractivity contribution is -0.143. The molecule has 7 nitrogen and oxygen atoms in total. The van der Waals surface area contributed by atoms with Crippen LogP contribution in [0.1, 0.15) is 30.1 Å². The van der Waals surface area contributed by atoms with Crippen LogP contribution in [0, 0.1) is 0 Å². The minimum atomic E-state index is -1.02. The fraction of sp³-hybridized carbons (Fsp3) is 0.579. The van der Waals surface area contributed by atoms with Gasteiger partial charge in [0, 0.05) is 51.3 Å². The number of carbonyl (C=O) groups excluding carboxylic acids is 1. The van der Waals surface area contributed by atoms with Gasteiger partial charge in [0.2, 0.25) is 0 Å². The van der Waals surface area contributed by atoms with Gasteiger partial charge in [-0.25, -0.2) is 4.79 Å². The molecule has 2 aliphatic rings. The van der Waals surface area contributed by atoms with E-state index in [-0.39, 0.29) is 12.5 Å². The lowest BCUT2D eigenvalue weighted by Gasteiger charge is -2.44. The molecule has 1 N–H and O–H groups in total. The van der Waals surface area contributed by atoms with Gasteiger partial charge in [0.1, 0.15) is 5.72 Å². The van der Waals surface area contributed by atoms with Crippen LogP contribution in [0.25, 0.3) is 0 Å². The van der Waals surface area contributed by atoms with Crippen LogP contribution < -0.4 is 4.90 Å². The second-order valence-electron chi connectivity index (χ2n) is 7.16. The maximum Gasteiger partial charge on any atom is 0.328 e. The lowest BCUT2D eigenvalue weighted by atomic mass is 9.96. The zero-order chi connectivity index (χ0) is 18.9. The number of carboxylic acids is 1. The van der Waals surface area contributed by atoms with Crippen molar-refractivity contribution in [3.8, 4) is 0 Å². The van der Waals surface area contributed by atoms with Crippen molar-refractivity contribution in [3.05, 3.63) is 29.8 Å². The summed E-state index contributed by atoms with van der Waals surface area (Å²) in [4.78, 5) is 30.7. The first-order valence-corrected chi connectivity index (χ1v) is 9.08. The molecule has 1 aromatic rings. The van der Waals surface area contributed by atoms with E-state index in [1.54, 1.807) is 12.1 Å². The van der Waals surface area contributed by atoms with Crippen molar-refractivity contribution in [2.45, 2.75) is 31.5 Å². The monoisotopic (exact) mass is 361 g/mol. The number of hydrogen-bond donors (Lipinski definition) is 1. The standard InChI is InChI=1S/C19H27N3O4/c1-4-21-11-9-19(10-12-21)22(16(13-26-19)18(24)25)17(23)14-5-7-15(8-6-14)20(2)3/h5-8,16H,4,9-13H2,1-3H3,(H,24,25). The second-order valence-corrected chi connectivity index (χ2v) is 7.16. The third-order valence-electron chi connectivity index (χ3n) is 5.48. The summed E-state index contributed by atoms with van der Waals surface area (Å²) in [6.07, 6.45) is 1.26. The van der Waals surface area contributed by atoms with Crippen LogP contribution >= 0.6 is 0 Å². The summed E-state index contributed by atoms with van der Waals surface area (Å²) in [5, 5.41) is 9.62. The van der Waals surface area contributed by atoms with Crippen molar-refractivity contribution in [2.24, 2.45) is 0 Å². The molecule has 3 rings (SSSR count). The Bertz CT molecular complexity index is 666. The van der Waals surface area contributed by atoms with E-state index < -0.39 is 17.7 Å². The van der Waals surface area contributed by atoms with E-state index in [4.69, 9.17) is 4.74 Å². The second kappa shape index (κ2) is 7.25. The quantitative estimate of drug-likeness (QED) is 0.876. The van der Waals surface area contributed by atoms with E-state index in [1.165, 1.54) is 4.90 Å². The minimum absolute atomic E-state index is 0.0446. The molecule has 2 aliphatic heterocycles. The van der Waals surface area contributed by atoms with Gasteiger partial charge in [0.05, 0.1) is 6.61 Å². The molecule has 0 aromatic heterocycles. The Morgan fingerprint density at radius 1 is 1.23 bits per heavy atom. The zero-order valence-electron chi connectivity index (χ0n) is 15.6. The number of amides is 1. The molecule has 1 unspecified atom stereocenters. The van der Waals surface area contributed by atoms with E-state index >= 15 is 0 Å². The molecule has 0 bridgehead atoms. The number of ether oxygens (including phenoxy) is 1. The normalized spacial score (nSPS) is 22.6. The lowest BCUT2D eigenvalue weighted by Crippen LogP contribution is -2.58. The van der Waals surface area contributed by atoms with Gasteiger partial charge in [-0.15, -0.1) is 0 Å². The molecule has 7 heteroatoms. The molecule has 2 saturated heterocycles. The largest absolute Gasteiger partial charge is 0.480 e. The first kappa shape index (κ1) is 18.7. The average molecular weight is 361 g/mol. The van der Waals surface area contributed by atoms with Gasteiger partial charge in [0.15, 0.2) is 6.04 Å². The first-order valence-electron chi connectivity index (χ1n) is 9.08. The van der Waals surface area contributed by atoms with Crippen molar-refractivity contribution in [2.75, 3.05) is 45.2 Å². The molecular formula is C19H27N3O4. The molecule has 0 radical (unpaired) electrons. The number of anilines is 1. The van der Waals surface area contributed by atoms with Gasteiger partial charge in [-0.2, -0.15) is 0 Å². The van der Waals surface area contributed by atoms with Crippen LogP contribution in [-0.4, -0.2) is 78.9 Å². The Morgan fingerprint density at radius 3 is 2.35 bits per heavy atom. The van der Waals surface area contributed by atoms with Gasteiger partial charge in [-0.3, -0.25) is 9.69 Å². The van der Waals surface area contributed by atoms with Crippen LogP contribution in [0.2, 0.25) is 0 Å². The molecule has 1 atom stereocenters. The highest BCUT2D eigenvalue weighted by atomic mass is 16.5. The predicted octanol–water partition coefficient (Wildman–Crippen LogP) is 1.49. The summed E-state index contributed by atoms with van der Waals surface area (Å²) < 4.78 is 5.95. The van der Waals surface area contributed by atoms with Gasteiger partial charge < -0.3 is 19.6 Å². The Kier molecular flexibility index (Phi) is 5.20. The molecule has 0 saturated carbocycles. The number of likely N-dealkylation sites (tertiary alicyclic amines) is 1. The van der Waals surface area contributed by atoms with Gasteiger partial charge in [-0.05, 0) is 30.8 Å². The highest BCUT2D eigenvalue weighted by molar-refractivity contribution is 5.97. The molecule has 0 aliphatic carbocycles. The van der Waals surface area contributed by atoms with E-state index in [2.05, 4.69) is 11.8 Å². The van der Waals surface area contributed by atoms with Crippen LogP contribution in [0.4, 0.5) is 5.69 Å². The minimum Gasteiger partial charge on any atom is -0.480 e. The number of piperidine rings is 1. The van der Waals surface area contributed by atoms with E-state index in [0.717, 1.165) is 25.3 Å². The zero-order valence-corrected chi connectivity index (χ0v) is 15.6. The summed E-state index contributed by atoms with van der Waals surface area (Å²) in [7, 11) is 3.87. The van der Waals surface area contributed by atoms with Gasteiger partial charge in [0.25, 0.3) is 5.91 Å². The summed E-state index contributed by atoms with van der Waals surface area (Å²) in [6.45, 7) is 4.68. The summed E-state index contributed by atoms with van der Waals surface area (Å²) in [6, 6.07) is 6.30. The molecule has 1 amide bonds. The number of carboxylic acid groups (broad SMARTS) is 1. The molecule has 2 heterocycles. The number of hydrogen-bond acceptors (Lipinski definition) is 5. The topological polar surface area (TPSA) is 73.3 Å². The van der Waals surface area contributed by atoms with Crippen LogP contribution in [-0.2, 0) is 9.53 Å². The third kappa shape index (κ3) is 3.29. The Balaban J connectivity index is 1.89. The van der Waals surface area contributed by atoms with Gasteiger partial charge >= 0.3 is 5.97 Å². The molecule has 1 aromatic carbocycles. The summed E-state index contributed by atoms with van der Waals surface area (Å²) in [5.74, 6) is -1.29. The Labute approximate surface area is 154 Å². The average Bonchev–Trinajstić information content (AvgIpc) is 3.01. The number of benzene rings is 1. The van der Waals surface area contributed by atoms with Crippen molar-refractivity contribution in [1.29, 1.82) is 0 Å². The fourth-order valence-electron chi connectivity index (χ4n) is 3.82. The fourth-order valence-corrected chi connectivity index (χ4v) is 3.82. The Hall–Kier alpha value is -2.12. The highest BCUT2D eigenvalue weighted by Crippen LogP contribution is 2.38. The smallest absolute Gasteiger partial charge is 0.328 e. The number of aliphatic carboxylic acids is 1. The number of carbonyl (C=O) groups is 2. The van der Waals surface area contributed by atoms with Crippen molar-refractivity contribution in [1.82, 2.24) is 9.80 Å². The number of nitrogens with zero attached hydrogens (tertiary/aromatic N) is 3. The Morgan fingerprint density at radius 2 is 1.85 bits per heavy atom. The van der Waals surface area contributed by atoms with Crippen LogP contribution in [0.15, 0.2) is 24.3 Å². The number of rotatable bonds is 4. The third-order valence-corrected chi connectivity index (χ3v) is 5.48. The molecule has 142 valence electrons. The van der Waals surface area contributed by atoms with E-state index in [0.29, 0.717) is 18.4 Å². The van der Waals surface area contributed by atoms with Crippen LogP contribution in [0.5, 0.6) is 0 Å². The molecule has 26 heavy (non-hydrogen) atoms. The SMILES string of the molecule is CCN1CCC2(CC1)OCC(C(=O)O)N2C(=O)c1ccc(N(C)C)cc1. The van der Waals surface area contributed by atoms with Crippen LogP contribution in [0.3, 0.4) is 0 Å². The summed E-state index contributed by atoms with van der Waals surface area (Å²) in [5.41, 5.74) is 0.663. The van der Waals surface area contributed by atoms with Crippen molar-refractivity contribution in [3.63, 3.8) is 0 Å². The summed E-state index contributed by atoms with van der Waals surface area (Å²) >= 11 is 0. The maximum atomic E-state index is 13.2. The van der Waals surface area contributed by atoms with Crippen molar-refractivity contribution < 1.29 is 19.4 Å².